The van der Waals surface area contributed by atoms with E-state index < -0.39 is 0 Å². The minimum Gasteiger partial charge on any atom is -0.302 e. The molecule has 138 valence electrons. The molecule has 0 radical (unpaired) electrons. The van der Waals surface area contributed by atoms with Crippen LogP contribution in [0.5, 0.6) is 0 Å². The summed E-state index contributed by atoms with van der Waals surface area (Å²) in [5, 5.41) is 7.26. The molecule has 2 unspecified atom stereocenters. The van der Waals surface area contributed by atoms with E-state index in [1.807, 2.05) is 0 Å². The van der Waals surface area contributed by atoms with Gasteiger partial charge in [0.1, 0.15) is 0 Å². The molecule has 0 spiro atoms. The van der Waals surface area contributed by atoms with E-state index in [4.69, 9.17) is 10.0 Å². The van der Waals surface area contributed by atoms with Crippen molar-refractivity contribution >= 4 is 12.5 Å². The number of nitrogens with zero attached hydrogens (tertiary/aromatic N) is 1. The number of hydroxylamine groups is 1. The molecular weight excluding hydrogens is 312 g/mol. The van der Waals surface area contributed by atoms with Crippen LogP contribution in [0.25, 0.3) is 6.08 Å². The lowest BCUT2D eigenvalue weighted by Gasteiger charge is -2.24. The minimum atomic E-state index is 0.181. The molecule has 25 heavy (non-hydrogen) atoms. The first-order valence-electron chi connectivity index (χ1n) is 8.94. The van der Waals surface area contributed by atoms with Gasteiger partial charge in [-0.25, -0.2) is 5.48 Å². The topological polar surface area (TPSA) is 52.6 Å². The highest BCUT2D eigenvalue weighted by Gasteiger charge is 2.28. The summed E-state index contributed by atoms with van der Waals surface area (Å²) in [5.74, 6) is 1.65. The van der Waals surface area contributed by atoms with Gasteiger partial charge in [-0.05, 0) is 49.8 Å². The number of carbonyl (C=O) groups is 1. The zero-order valence-corrected chi connectivity index (χ0v) is 15.7. The van der Waals surface area contributed by atoms with Crippen molar-refractivity contribution in [3.8, 4) is 0 Å². The average Bonchev–Trinajstić information content (AvgIpc) is 2.96. The molecule has 0 bridgehead atoms. The van der Waals surface area contributed by atoms with Gasteiger partial charge in [-0.3, -0.25) is 10.0 Å². The molecule has 1 fully saturated rings. The highest BCUT2D eigenvalue weighted by molar-refractivity contribution is 5.49. The van der Waals surface area contributed by atoms with Crippen LogP contribution in [0.4, 0.5) is 0 Å². The SMILES string of the molecule is C=C1CC(CC)C(CN(C)Cc2ccc(/C=C/C)cc2)C1.O=CNO. The maximum absolute atomic E-state index is 8.81. The maximum Gasteiger partial charge on any atom is 0.230 e. The lowest BCUT2D eigenvalue weighted by Crippen LogP contribution is -2.27. The third-order valence-corrected chi connectivity index (χ3v) is 4.68. The van der Waals surface area contributed by atoms with Crippen LogP contribution in [0.2, 0.25) is 0 Å². The third kappa shape index (κ3) is 7.67. The van der Waals surface area contributed by atoms with Crippen LogP contribution >= 0.6 is 0 Å². The molecule has 1 saturated carbocycles. The van der Waals surface area contributed by atoms with Crippen molar-refractivity contribution in [1.82, 2.24) is 10.4 Å². The summed E-state index contributed by atoms with van der Waals surface area (Å²) >= 11 is 0. The van der Waals surface area contributed by atoms with Crippen molar-refractivity contribution in [1.29, 1.82) is 0 Å². The van der Waals surface area contributed by atoms with E-state index in [0.29, 0.717) is 0 Å². The molecule has 1 aliphatic carbocycles. The van der Waals surface area contributed by atoms with Gasteiger partial charge in [-0.2, -0.15) is 0 Å². The largest absolute Gasteiger partial charge is 0.302 e. The average molecular weight is 344 g/mol. The Morgan fingerprint density at radius 2 is 1.88 bits per heavy atom. The Balaban J connectivity index is 0.000000705. The van der Waals surface area contributed by atoms with Crippen molar-refractivity contribution in [2.24, 2.45) is 11.8 Å². The van der Waals surface area contributed by atoms with Gasteiger partial charge < -0.3 is 4.90 Å². The number of rotatable bonds is 7. The van der Waals surface area contributed by atoms with Crippen molar-refractivity contribution in [2.45, 2.75) is 39.7 Å². The molecule has 0 aromatic heterocycles. The highest BCUT2D eigenvalue weighted by atomic mass is 16.5. The predicted octanol–water partition coefficient (Wildman–Crippen LogP) is 4.27. The maximum atomic E-state index is 8.81. The predicted molar refractivity (Wildman–Crippen MR) is 104 cm³/mol. The first kappa shape index (κ1) is 21.1. The summed E-state index contributed by atoms with van der Waals surface area (Å²) in [5.41, 5.74) is 5.38. The van der Waals surface area contributed by atoms with Crippen LogP contribution in [0.1, 0.15) is 44.2 Å². The molecule has 1 aromatic carbocycles. The van der Waals surface area contributed by atoms with Gasteiger partial charge in [0.2, 0.25) is 6.41 Å². The normalized spacial score (nSPS) is 19.8. The van der Waals surface area contributed by atoms with E-state index in [-0.39, 0.29) is 6.41 Å². The summed E-state index contributed by atoms with van der Waals surface area (Å²) in [7, 11) is 2.24. The van der Waals surface area contributed by atoms with Gasteiger partial charge in [0.05, 0.1) is 0 Å². The fourth-order valence-corrected chi connectivity index (χ4v) is 3.55. The number of amides is 1. The standard InChI is InChI=1S/C20H29N.CH3NO2/c1-5-7-17-8-10-18(11-9-17)14-21(4)15-20-13-16(3)12-19(20)6-2;3-1-2-4/h5,7-11,19-20H,3,6,12-15H2,1-2,4H3;1,4H,(H,2,3)/b7-5+;. The molecule has 1 aromatic rings. The number of nitrogens with one attached hydrogen (secondary N) is 1. The molecule has 0 aliphatic heterocycles. The minimum absolute atomic E-state index is 0.181. The zero-order chi connectivity index (χ0) is 18.7. The molecule has 2 rings (SSSR count). The monoisotopic (exact) mass is 344 g/mol. The molecule has 2 atom stereocenters. The molecule has 2 N–H and O–H groups in total. The first-order valence-corrected chi connectivity index (χ1v) is 8.94. The Labute approximate surface area is 152 Å². The van der Waals surface area contributed by atoms with Crippen LogP contribution in [0.15, 0.2) is 42.5 Å². The Bertz CT molecular complexity index is 552. The summed E-state index contributed by atoms with van der Waals surface area (Å²) in [4.78, 5) is 11.3. The molecule has 4 nitrogen and oxygen atoms in total. The quantitative estimate of drug-likeness (QED) is 0.336. The second kappa shape index (κ2) is 11.6. The third-order valence-electron chi connectivity index (χ3n) is 4.68. The highest BCUT2D eigenvalue weighted by Crippen LogP contribution is 2.37. The Kier molecular flexibility index (Phi) is 9.81. The molecule has 0 saturated heterocycles. The number of benzene rings is 1. The van der Waals surface area contributed by atoms with Crippen LogP contribution < -0.4 is 5.48 Å². The van der Waals surface area contributed by atoms with Gasteiger partial charge in [-0.15, -0.1) is 0 Å². The van der Waals surface area contributed by atoms with Crippen molar-refractivity contribution < 1.29 is 10.0 Å². The van der Waals surface area contributed by atoms with E-state index in [9.17, 15) is 0 Å². The number of allylic oxidation sites excluding steroid dienone is 2. The van der Waals surface area contributed by atoms with E-state index in [1.165, 1.54) is 48.0 Å². The van der Waals surface area contributed by atoms with Gasteiger partial charge in [0, 0.05) is 13.1 Å². The summed E-state index contributed by atoms with van der Waals surface area (Å²) in [6, 6.07) is 8.90. The zero-order valence-electron chi connectivity index (χ0n) is 15.7. The summed E-state index contributed by atoms with van der Waals surface area (Å²) in [6.07, 6.45) is 8.16. The number of hydrogen-bond donors (Lipinski definition) is 2. The first-order chi connectivity index (χ1) is 12.0. The fraction of sp³-hybridized carbons (Fsp3) is 0.476. The van der Waals surface area contributed by atoms with Crippen LogP contribution in [0.3, 0.4) is 0 Å². The fourth-order valence-electron chi connectivity index (χ4n) is 3.55. The molecule has 1 aliphatic rings. The number of hydrogen-bond acceptors (Lipinski definition) is 3. The van der Waals surface area contributed by atoms with Crippen molar-refractivity contribution in [3.63, 3.8) is 0 Å². The van der Waals surface area contributed by atoms with E-state index >= 15 is 0 Å². The van der Waals surface area contributed by atoms with Crippen molar-refractivity contribution in [3.05, 3.63) is 53.6 Å². The summed E-state index contributed by atoms with van der Waals surface area (Å²) in [6.45, 7) is 10.8. The Hall–Kier alpha value is -1.91. The lowest BCUT2D eigenvalue weighted by atomic mass is 9.93. The summed E-state index contributed by atoms with van der Waals surface area (Å²) < 4.78 is 0. The van der Waals surface area contributed by atoms with E-state index in [0.717, 1.165) is 18.4 Å². The van der Waals surface area contributed by atoms with Gasteiger partial charge >= 0.3 is 0 Å². The van der Waals surface area contributed by atoms with Gasteiger partial charge in [0.15, 0.2) is 0 Å². The van der Waals surface area contributed by atoms with Gasteiger partial charge in [-0.1, -0.05) is 61.9 Å². The molecule has 1 amide bonds. The van der Waals surface area contributed by atoms with Crippen LogP contribution in [-0.4, -0.2) is 30.1 Å². The smallest absolute Gasteiger partial charge is 0.230 e. The van der Waals surface area contributed by atoms with E-state index in [2.05, 4.69) is 68.8 Å². The van der Waals surface area contributed by atoms with Crippen molar-refractivity contribution in [2.75, 3.05) is 13.6 Å². The lowest BCUT2D eigenvalue weighted by molar-refractivity contribution is -0.116. The Morgan fingerprint density at radius 3 is 2.40 bits per heavy atom. The van der Waals surface area contributed by atoms with Crippen LogP contribution in [-0.2, 0) is 11.3 Å². The second-order valence-electron chi connectivity index (χ2n) is 6.77. The van der Waals surface area contributed by atoms with Gasteiger partial charge in [0.25, 0.3) is 0 Å². The Morgan fingerprint density at radius 1 is 1.28 bits per heavy atom. The number of carbonyl (C=O) groups excluding carboxylic acids is 1. The molecule has 0 heterocycles. The molecule has 4 heteroatoms. The second-order valence-corrected chi connectivity index (χ2v) is 6.77. The molecular formula is C21H32N2O2. The van der Waals surface area contributed by atoms with Crippen LogP contribution in [0, 0.1) is 11.8 Å². The van der Waals surface area contributed by atoms with E-state index in [1.54, 1.807) is 0 Å².